The van der Waals surface area contributed by atoms with E-state index in [2.05, 4.69) is 36.7 Å². The summed E-state index contributed by atoms with van der Waals surface area (Å²) in [6.45, 7) is 2.48. The molecule has 3 unspecified atom stereocenters. The van der Waals surface area contributed by atoms with Crippen molar-refractivity contribution >= 4 is 11.8 Å². The van der Waals surface area contributed by atoms with Crippen LogP contribution in [0.25, 0.3) is 0 Å². The van der Waals surface area contributed by atoms with Gasteiger partial charge in [-0.05, 0) is 74.2 Å². The number of halogens is 3. The third kappa shape index (κ3) is 5.98. The molecule has 0 radical (unpaired) electrons. The second-order valence-corrected chi connectivity index (χ2v) is 12.0. The lowest BCUT2D eigenvalue weighted by molar-refractivity contribution is -0.274. The van der Waals surface area contributed by atoms with Crippen molar-refractivity contribution in [3.63, 3.8) is 0 Å². The Morgan fingerprint density at radius 1 is 1.07 bits per heavy atom. The average Bonchev–Trinajstić information content (AvgIpc) is 2.93. The minimum Gasteiger partial charge on any atom is -0.405 e. The van der Waals surface area contributed by atoms with E-state index in [1.54, 1.807) is 12.1 Å². The minimum absolute atomic E-state index is 0.0358. The van der Waals surface area contributed by atoms with Gasteiger partial charge in [0.1, 0.15) is 23.2 Å². The first-order valence-electron chi connectivity index (χ1n) is 14.2. The zero-order valence-corrected chi connectivity index (χ0v) is 22.3. The molecule has 4 bridgehead atoms. The average molecular weight is 557 g/mol. The summed E-state index contributed by atoms with van der Waals surface area (Å²) in [6, 6.07) is 9.25. The number of aromatic nitrogens is 2. The molecule has 4 aliphatic carbocycles. The summed E-state index contributed by atoms with van der Waals surface area (Å²) in [6.07, 6.45) is 4.98. The molecule has 1 aliphatic heterocycles. The van der Waals surface area contributed by atoms with Gasteiger partial charge in [-0.1, -0.05) is 18.2 Å². The number of anilines is 2. The summed E-state index contributed by atoms with van der Waals surface area (Å²) < 4.78 is 48.1. The second kappa shape index (κ2) is 11.1. The molecule has 8 nitrogen and oxygen atoms in total. The van der Waals surface area contributed by atoms with Gasteiger partial charge in [-0.3, -0.25) is 0 Å². The van der Waals surface area contributed by atoms with Crippen LogP contribution in [0.1, 0.15) is 56.1 Å². The van der Waals surface area contributed by atoms with Crippen LogP contribution in [0.2, 0.25) is 0 Å². The maximum atomic E-state index is 12.8. The molecule has 214 valence electrons. The molecular formula is C29H35F3N6O2. The molecule has 40 heavy (non-hydrogen) atoms. The van der Waals surface area contributed by atoms with E-state index in [0.717, 1.165) is 38.5 Å². The van der Waals surface area contributed by atoms with Gasteiger partial charge in [-0.2, -0.15) is 10.2 Å². The van der Waals surface area contributed by atoms with E-state index in [1.165, 1.54) is 50.4 Å². The standard InChI is InChI=1S/C29H35F3N6O2/c30-29(31,32)40-24-4-2-1-3-19(24)15-34-27-35-16-22(14-33)26(38-27)36-17-28-11-18-9-20(12-28)25(21(10-18)13-28)37-23-5-7-39-8-6-23/h1-4,16,18,20-21,23,25,37H,5-13,15,17H2,(H2,34,35,36,38)/t18?,20-,21+,25?,28?. The summed E-state index contributed by atoms with van der Waals surface area (Å²) in [4.78, 5) is 8.73. The fourth-order valence-corrected chi connectivity index (χ4v) is 7.82. The molecule has 0 spiro atoms. The summed E-state index contributed by atoms with van der Waals surface area (Å²) in [7, 11) is 0. The van der Waals surface area contributed by atoms with E-state index in [1.807, 2.05) is 0 Å². The molecule has 7 rings (SSSR count). The van der Waals surface area contributed by atoms with Gasteiger partial charge in [0.25, 0.3) is 0 Å². The lowest BCUT2D eigenvalue weighted by atomic mass is 9.48. The quantitative estimate of drug-likeness (QED) is 0.386. The predicted molar refractivity (Wildman–Crippen MR) is 142 cm³/mol. The molecule has 3 N–H and O–H groups in total. The summed E-state index contributed by atoms with van der Waals surface area (Å²) in [5.41, 5.74) is 0.846. The van der Waals surface area contributed by atoms with Crippen molar-refractivity contribution in [1.82, 2.24) is 15.3 Å². The molecular weight excluding hydrogens is 521 g/mol. The second-order valence-electron chi connectivity index (χ2n) is 12.0. The van der Waals surface area contributed by atoms with Crippen molar-refractivity contribution in [3.05, 3.63) is 41.6 Å². The molecule has 1 aromatic heterocycles. The number of rotatable bonds is 9. The number of nitrogens with one attached hydrogen (secondary N) is 3. The molecule has 2 heterocycles. The molecule has 0 amide bonds. The van der Waals surface area contributed by atoms with Gasteiger partial charge in [-0.15, -0.1) is 13.2 Å². The molecule has 5 aliphatic rings. The highest BCUT2D eigenvalue weighted by atomic mass is 19.4. The Morgan fingerprint density at radius 2 is 1.82 bits per heavy atom. The third-order valence-corrected chi connectivity index (χ3v) is 9.22. The van der Waals surface area contributed by atoms with Crippen LogP contribution >= 0.6 is 0 Å². The van der Waals surface area contributed by atoms with E-state index in [4.69, 9.17) is 4.74 Å². The fourth-order valence-electron chi connectivity index (χ4n) is 7.82. The first kappa shape index (κ1) is 27.1. The molecule has 5 fully saturated rings. The highest BCUT2D eigenvalue weighted by Gasteiger charge is 2.55. The van der Waals surface area contributed by atoms with Crippen LogP contribution in [-0.4, -0.2) is 48.2 Å². The van der Waals surface area contributed by atoms with Crippen LogP contribution in [0.5, 0.6) is 5.75 Å². The Morgan fingerprint density at radius 3 is 2.55 bits per heavy atom. The lowest BCUT2D eigenvalue weighted by Crippen LogP contribution is -2.61. The Hall–Kier alpha value is -3.10. The van der Waals surface area contributed by atoms with Gasteiger partial charge >= 0.3 is 6.36 Å². The van der Waals surface area contributed by atoms with Crippen LogP contribution in [0.3, 0.4) is 0 Å². The van der Waals surface area contributed by atoms with Crippen molar-refractivity contribution in [3.8, 4) is 11.8 Å². The van der Waals surface area contributed by atoms with Crippen molar-refractivity contribution < 1.29 is 22.6 Å². The van der Waals surface area contributed by atoms with Crippen molar-refractivity contribution in [2.75, 3.05) is 30.4 Å². The van der Waals surface area contributed by atoms with Gasteiger partial charge in [-0.25, -0.2) is 4.98 Å². The van der Waals surface area contributed by atoms with E-state index in [9.17, 15) is 18.4 Å². The van der Waals surface area contributed by atoms with Gasteiger partial charge in [0, 0.05) is 44.0 Å². The number of nitrogens with zero attached hydrogens (tertiary/aromatic N) is 3. The number of benzene rings is 1. The van der Waals surface area contributed by atoms with Crippen LogP contribution in [0.15, 0.2) is 30.5 Å². The monoisotopic (exact) mass is 556 g/mol. The lowest BCUT2D eigenvalue weighted by Gasteiger charge is -2.61. The van der Waals surface area contributed by atoms with Crippen LogP contribution < -0.4 is 20.7 Å². The fraction of sp³-hybridized carbons (Fsp3) is 0.621. The van der Waals surface area contributed by atoms with Gasteiger partial charge in [0.05, 0.1) is 6.20 Å². The van der Waals surface area contributed by atoms with Crippen LogP contribution in [0, 0.1) is 34.5 Å². The Labute approximate surface area is 232 Å². The topological polar surface area (TPSA) is 104 Å². The Kier molecular flexibility index (Phi) is 7.48. The van der Waals surface area contributed by atoms with Crippen LogP contribution in [-0.2, 0) is 11.3 Å². The largest absolute Gasteiger partial charge is 0.573 e. The number of ether oxygens (including phenoxy) is 2. The maximum absolute atomic E-state index is 12.8. The number of alkyl halides is 3. The molecule has 1 aromatic carbocycles. The van der Waals surface area contributed by atoms with Crippen molar-refractivity contribution in [2.24, 2.45) is 23.2 Å². The molecule has 1 saturated heterocycles. The summed E-state index contributed by atoms with van der Waals surface area (Å²) >= 11 is 0. The minimum atomic E-state index is -4.78. The maximum Gasteiger partial charge on any atom is 0.573 e. The summed E-state index contributed by atoms with van der Waals surface area (Å²) in [5, 5.41) is 20.2. The van der Waals surface area contributed by atoms with Gasteiger partial charge in [0.2, 0.25) is 5.95 Å². The van der Waals surface area contributed by atoms with Crippen molar-refractivity contribution in [1.29, 1.82) is 5.26 Å². The first-order valence-corrected chi connectivity index (χ1v) is 14.2. The first-order chi connectivity index (χ1) is 19.3. The Bertz CT molecular complexity index is 1230. The van der Waals surface area contributed by atoms with Crippen LogP contribution in [0.4, 0.5) is 24.9 Å². The summed E-state index contributed by atoms with van der Waals surface area (Å²) in [5.74, 6) is 2.51. The van der Waals surface area contributed by atoms with E-state index >= 15 is 0 Å². The molecule has 2 aromatic rings. The Balaban J connectivity index is 1.11. The molecule has 11 heteroatoms. The highest BCUT2D eigenvalue weighted by Crippen LogP contribution is 2.60. The van der Waals surface area contributed by atoms with Crippen molar-refractivity contribution in [2.45, 2.75) is 69.9 Å². The van der Waals surface area contributed by atoms with Gasteiger partial charge in [0.15, 0.2) is 0 Å². The molecule has 4 saturated carbocycles. The SMILES string of the molecule is N#Cc1cnc(NCc2ccccc2OC(F)(F)F)nc1NCC12CC3C[C@H](C1)C(NC1CCOCC1)[C@@H](C3)C2. The molecule has 5 atom stereocenters. The predicted octanol–water partition coefficient (Wildman–Crippen LogP) is 5.23. The smallest absolute Gasteiger partial charge is 0.405 e. The third-order valence-electron chi connectivity index (χ3n) is 9.22. The number of para-hydroxylation sites is 1. The van der Waals surface area contributed by atoms with E-state index in [0.29, 0.717) is 40.9 Å². The normalized spacial score (nSPS) is 29.6. The number of hydrogen-bond acceptors (Lipinski definition) is 8. The zero-order chi connectivity index (χ0) is 27.7. The zero-order valence-electron chi connectivity index (χ0n) is 22.3. The number of hydrogen-bond donors (Lipinski definition) is 3. The van der Waals surface area contributed by atoms with E-state index in [-0.39, 0.29) is 23.7 Å². The highest BCUT2D eigenvalue weighted by molar-refractivity contribution is 5.53. The number of nitriles is 1. The van der Waals surface area contributed by atoms with Gasteiger partial charge < -0.3 is 25.4 Å². The van der Waals surface area contributed by atoms with E-state index < -0.39 is 6.36 Å².